The minimum Gasteiger partial charge on any atom is -0.506 e. The predicted octanol–water partition coefficient (Wildman–Crippen LogP) is 1.69. The summed E-state index contributed by atoms with van der Waals surface area (Å²) in [6.45, 7) is 2.48. The van der Waals surface area contributed by atoms with Crippen LogP contribution >= 0.6 is 0 Å². The topological polar surface area (TPSA) is 88.7 Å². The van der Waals surface area contributed by atoms with Crippen molar-refractivity contribution in [1.82, 2.24) is 4.98 Å². The van der Waals surface area contributed by atoms with Gasteiger partial charge in [0.25, 0.3) is 5.69 Å². The van der Waals surface area contributed by atoms with Gasteiger partial charge in [0.15, 0.2) is 0 Å². The van der Waals surface area contributed by atoms with Crippen LogP contribution in [-0.2, 0) is 4.74 Å². The molecule has 0 radical (unpaired) electrons. The highest BCUT2D eigenvalue weighted by molar-refractivity contribution is 6.01. The number of rotatable bonds is 2. The molecule has 0 amide bonds. The molecule has 3 rings (SSSR count). The first-order valence-electron chi connectivity index (χ1n) is 6.26. The number of aromatic hydroxyl groups is 1. The molecular formula is C13H13N3O4. The van der Waals surface area contributed by atoms with Crippen LogP contribution in [0.1, 0.15) is 0 Å². The number of hydrogen-bond acceptors (Lipinski definition) is 6. The summed E-state index contributed by atoms with van der Waals surface area (Å²) in [5, 5.41) is 21.5. The number of benzene rings is 1. The molecule has 0 unspecified atom stereocenters. The lowest BCUT2D eigenvalue weighted by molar-refractivity contribution is -0.383. The van der Waals surface area contributed by atoms with Crippen LogP contribution < -0.4 is 4.90 Å². The molecule has 2 heterocycles. The summed E-state index contributed by atoms with van der Waals surface area (Å²) in [6.07, 6.45) is 1.55. The summed E-state index contributed by atoms with van der Waals surface area (Å²) in [5.41, 5.74) is 0.913. The molecule has 1 aliphatic heterocycles. The van der Waals surface area contributed by atoms with Crippen molar-refractivity contribution in [3.63, 3.8) is 0 Å². The van der Waals surface area contributed by atoms with Gasteiger partial charge in [-0.3, -0.25) is 15.1 Å². The van der Waals surface area contributed by atoms with E-state index in [2.05, 4.69) is 4.98 Å². The first-order valence-corrected chi connectivity index (χ1v) is 6.26. The summed E-state index contributed by atoms with van der Waals surface area (Å²) >= 11 is 0. The van der Waals surface area contributed by atoms with Crippen molar-refractivity contribution in [2.45, 2.75) is 0 Å². The molecule has 1 saturated heterocycles. The van der Waals surface area contributed by atoms with Gasteiger partial charge in [-0.05, 0) is 12.1 Å². The minimum absolute atomic E-state index is 0.0487. The molecule has 1 aromatic heterocycles. The van der Waals surface area contributed by atoms with Crippen LogP contribution in [0.4, 0.5) is 11.4 Å². The quantitative estimate of drug-likeness (QED) is 0.662. The molecule has 2 aromatic rings. The Kier molecular flexibility index (Phi) is 3.11. The van der Waals surface area contributed by atoms with Crippen LogP contribution in [0.15, 0.2) is 24.4 Å². The third-order valence-corrected chi connectivity index (χ3v) is 3.38. The zero-order valence-electron chi connectivity index (χ0n) is 10.7. The monoisotopic (exact) mass is 275 g/mol. The molecule has 1 aliphatic rings. The molecule has 1 fully saturated rings. The summed E-state index contributed by atoms with van der Waals surface area (Å²) in [4.78, 5) is 16.8. The lowest BCUT2D eigenvalue weighted by atomic mass is 10.1. The fourth-order valence-electron chi connectivity index (χ4n) is 2.44. The van der Waals surface area contributed by atoms with Gasteiger partial charge in [-0.15, -0.1) is 0 Å². The highest BCUT2D eigenvalue weighted by Crippen LogP contribution is 2.37. The molecule has 0 saturated carbocycles. The number of phenols is 1. The van der Waals surface area contributed by atoms with Crippen LogP contribution in [-0.4, -0.2) is 41.3 Å². The van der Waals surface area contributed by atoms with E-state index in [1.54, 1.807) is 12.3 Å². The molecule has 0 aliphatic carbocycles. The smallest absolute Gasteiger partial charge is 0.281 e. The molecule has 1 aromatic carbocycles. The molecule has 7 nitrogen and oxygen atoms in total. The maximum absolute atomic E-state index is 11.2. The Morgan fingerprint density at radius 3 is 2.75 bits per heavy atom. The van der Waals surface area contributed by atoms with Crippen molar-refractivity contribution in [3.05, 3.63) is 34.5 Å². The standard InChI is InChI=1S/C13H13N3O4/c17-11-2-1-10(16(18)19)12-9(3-4-14-13(11)12)15-5-7-20-8-6-15/h1-4,17H,5-8H2. The zero-order chi connectivity index (χ0) is 14.1. The molecular weight excluding hydrogens is 262 g/mol. The average molecular weight is 275 g/mol. The number of hydrogen-bond donors (Lipinski definition) is 1. The van der Waals surface area contributed by atoms with Crippen molar-refractivity contribution in [2.24, 2.45) is 0 Å². The second-order valence-electron chi connectivity index (χ2n) is 4.51. The number of aromatic nitrogens is 1. The van der Waals surface area contributed by atoms with Crippen LogP contribution in [0.2, 0.25) is 0 Å². The van der Waals surface area contributed by atoms with Crippen molar-refractivity contribution < 1.29 is 14.8 Å². The Labute approximate surface area is 114 Å². The van der Waals surface area contributed by atoms with Crippen molar-refractivity contribution >= 4 is 22.3 Å². The summed E-state index contributed by atoms with van der Waals surface area (Å²) < 4.78 is 5.29. The van der Waals surface area contributed by atoms with Gasteiger partial charge < -0.3 is 14.7 Å². The maximum Gasteiger partial charge on any atom is 0.281 e. The van der Waals surface area contributed by atoms with Crippen LogP contribution in [0.3, 0.4) is 0 Å². The molecule has 0 spiro atoms. The fraction of sp³-hybridized carbons (Fsp3) is 0.308. The van der Waals surface area contributed by atoms with Gasteiger partial charge in [0.2, 0.25) is 0 Å². The van der Waals surface area contributed by atoms with Crippen LogP contribution in [0, 0.1) is 10.1 Å². The Balaban J connectivity index is 2.25. The average Bonchev–Trinajstić information content (AvgIpc) is 2.48. The molecule has 0 bridgehead atoms. The Morgan fingerprint density at radius 1 is 1.30 bits per heavy atom. The van der Waals surface area contributed by atoms with Gasteiger partial charge in [-0.25, -0.2) is 0 Å². The molecule has 0 atom stereocenters. The number of phenolic OH excluding ortho intramolecular Hbond substituents is 1. The predicted molar refractivity (Wildman–Crippen MR) is 73.1 cm³/mol. The highest BCUT2D eigenvalue weighted by Gasteiger charge is 2.22. The van der Waals surface area contributed by atoms with Gasteiger partial charge >= 0.3 is 0 Å². The maximum atomic E-state index is 11.2. The SMILES string of the molecule is O=[N+]([O-])c1ccc(O)c2nccc(N3CCOCC3)c12. The highest BCUT2D eigenvalue weighted by atomic mass is 16.6. The van der Waals surface area contributed by atoms with Crippen molar-refractivity contribution in [3.8, 4) is 5.75 Å². The second-order valence-corrected chi connectivity index (χ2v) is 4.51. The number of pyridine rings is 1. The molecule has 1 N–H and O–H groups in total. The molecule has 7 heteroatoms. The minimum atomic E-state index is -0.451. The van der Waals surface area contributed by atoms with Crippen LogP contribution in [0.5, 0.6) is 5.75 Å². The van der Waals surface area contributed by atoms with Gasteiger partial charge in [-0.1, -0.05) is 0 Å². The zero-order valence-corrected chi connectivity index (χ0v) is 10.7. The van der Waals surface area contributed by atoms with E-state index in [-0.39, 0.29) is 17.0 Å². The van der Waals surface area contributed by atoms with Gasteiger partial charge in [0, 0.05) is 25.4 Å². The van der Waals surface area contributed by atoms with E-state index in [9.17, 15) is 15.2 Å². The number of nitro groups is 1. The Bertz CT molecular complexity index is 668. The van der Waals surface area contributed by atoms with E-state index >= 15 is 0 Å². The van der Waals surface area contributed by atoms with E-state index in [1.165, 1.54) is 12.1 Å². The first-order chi connectivity index (χ1) is 9.68. The number of nitro benzene ring substituents is 1. The Morgan fingerprint density at radius 2 is 2.05 bits per heavy atom. The van der Waals surface area contributed by atoms with Crippen molar-refractivity contribution in [2.75, 3.05) is 31.2 Å². The lowest BCUT2D eigenvalue weighted by Gasteiger charge is -2.29. The van der Waals surface area contributed by atoms with Gasteiger partial charge in [-0.2, -0.15) is 0 Å². The summed E-state index contributed by atoms with van der Waals surface area (Å²) in [6, 6.07) is 4.35. The normalized spacial score (nSPS) is 15.5. The number of nitrogens with zero attached hydrogens (tertiary/aromatic N) is 3. The number of ether oxygens (including phenoxy) is 1. The van der Waals surface area contributed by atoms with E-state index in [4.69, 9.17) is 4.74 Å². The largest absolute Gasteiger partial charge is 0.506 e. The third kappa shape index (κ3) is 2.01. The summed E-state index contributed by atoms with van der Waals surface area (Å²) in [5.74, 6) is -0.0549. The summed E-state index contributed by atoms with van der Waals surface area (Å²) in [7, 11) is 0. The van der Waals surface area contributed by atoms with E-state index in [1.807, 2.05) is 4.90 Å². The second kappa shape index (κ2) is 4.93. The van der Waals surface area contributed by atoms with Crippen LogP contribution in [0.25, 0.3) is 10.9 Å². The molecule has 20 heavy (non-hydrogen) atoms. The van der Waals surface area contributed by atoms with Gasteiger partial charge in [0.1, 0.15) is 16.7 Å². The fourth-order valence-corrected chi connectivity index (χ4v) is 2.44. The lowest BCUT2D eigenvalue weighted by Crippen LogP contribution is -2.36. The van der Waals surface area contributed by atoms with E-state index < -0.39 is 4.92 Å². The van der Waals surface area contributed by atoms with Gasteiger partial charge in [0.05, 0.1) is 23.8 Å². The number of fused-ring (bicyclic) bond motifs is 1. The first kappa shape index (κ1) is 12.6. The number of non-ortho nitro benzene ring substituents is 1. The van der Waals surface area contributed by atoms with E-state index in [0.717, 1.165) is 0 Å². The van der Waals surface area contributed by atoms with E-state index in [0.29, 0.717) is 37.4 Å². The molecule has 104 valence electrons. The Hall–Kier alpha value is -2.41. The van der Waals surface area contributed by atoms with Crippen molar-refractivity contribution in [1.29, 1.82) is 0 Å². The third-order valence-electron chi connectivity index (χ3n) is 3.38. The number of anilines is 1. The number of morpholine rings is 1.